The number of rotatable bonds is 4. The zero-order valence-electron chi connectivity index (χ0n) is 15.7. The molecule has 1 fully saturated rings. The number of nitrogen functional groups attached to an aromatic ring is 1. The summed E-state index contributed by atoms with van der Waals surface area (Å²) in [5.74, 6) is 1.57. The highest BCUT2D eigenvalue weighted by molar-refractivity contribution is 6.10. The molecule has 0 radical (unpaired) electrons. The summed E-state index contributed by atoms with van der Waals surface area (Å²) >= 11 is 0. The first-order valence-corrected chi connectivity index (χ1v) is 9.51. The molecule has 1 aliphatic rings. The van der Waals surface area contributed by atoms with Crippen LogP contribution in [0.15, 0.2) is 18.5 Å². The van der Waals surface area contributed by atoms with Crippen LogP contribution in [-0.2, 0) is 0 Å². The number of nitrogens with zero attached hydrogens (tertiary/aromatic N) is 3. The molecule has 1 aliphatic heterocycles. The lowest BCUT2D eigenvalue weighted by Gasteiger charge is -2.31. The Morgan fingerprint density at radius 3 is 2.73 bits per heavy atom. The highest BCUT2D eigenvalue weighted by Crippen LogP contribution is 2.37. The van der Waals surface area contributed by atoms with Gasteiger partial charge in [0.1, 0.15) is 11.8 Å². The van der Waals surface area contributed by atoms with Crippen LogP contribution in [0.2, 0.25) is 0 Å². The van der Waals surface area contributed by atoms with Gasteiger partial charge in [-0.15, -0.1) is 0 Å². The number of anilines is 1. The number of H-pyrrole nitrogens is 1. The van der Waals surface area contributed by atoms with Crippen LogP contribution in [0.5, 0.6) is 5.75 Å². The van der Waals surface area contributed by atoms with Gasteiger partial charge in [-0.05, 0) is 36.9 Å². The Labute approximate surface area is 153 Å². The molecule has 138 valence electrons. The smallest absolute Gasteiger partial charge is 0.171 e. The van der Waals surface area contributed by atoms with E-state index in [2.05, 4.69) is 46.7 Å². The fraction of sp³-hybridized carbons (Fsp3) is 0.500. The third-order valence-electron chi connectivity index (χ3n) is 5.43. The van der Waals surface area contributed by atoms with Gasteiger partial charge in [0.25, 0.3) is 0 Å². The van der Waals surface area contributed by atoms with E-state index in [-0.39, 0.29) is 6.10 Å². The number of pyridine rings is 2. The van der Waals surface area contributed by atoms with Crippen LogP contribution in [0.3, 0.4) is 0 Å². The molecular weight excluding hydrogens is 326 g/mol. The molecule has 6 heteroatoms. The Balaban J connectivity index is 1.76. The first-order valence-electron chi connectivity index (χ1n) is 9.51. The SMILES string of the molecule is CCN1CCC(Oc2c(N)ncc3[nH]c4ncc(C(C)C)cc4c23)CC1. The van der Waals surface area contributed by atoms with Crippen molar-refractivity contribution in [2.45, 2.75) is 45.6 Å². The minimum atomic E-state index is 0.179. The Morgan fingerprint density at radius 1 is 1.27 bits per heavy atom. The lowest BCUT2D eigenvalue weighted by Crippen LogP contribution is -2.38. The van der Waals surface area contributed by atoms with Crippen LogP contribution in [0, 0.1) is 0 Å². The van der Waals surface area contributed by atoms with Crippen molar-refractivity contribution in [2.24, 2.45) is 0 Å². The lowest BCUT2D eigenvalue weighted by molar-refractivity contribution is 0.105. The van der Waals surface area contributed by atoms with Gasteiger partial charge in [0.05, 0.1) is 17.1 Å². The number of piperidine rings is 1. The second-order valence-corrected chi connectivity index (χ2v) is 7.46. The molecule has 3 aromatic heterocycles. The van der Waals surface area contributed by atoms with Crippen LogP contribution in [0.25, 0.3) is 21.9 Å². The third kappa shape index (κ3) is 2.98. The maximum absolute atomic E-state index is 6.40. The molecule has 4 heterocycles. The summed E-state index contributed by atoms with van der Waals surface area (Å²) in [4.78, 5) is 14.7. The van der Waals surface area contributed by atoms with Gasteiger partial charge in [-0.25, -0.2) is 9.97 Å². The molecule has 3 aromatic rings. The Kier molecular flexibility index (Phi) is 4.44. The summed E-state index contributed by atoms with van der Waals surface area (Å²) in [6, 6.07) is 2.19. The molecule has 0 saturated carbocycles. The van der Waals surface area contributed by atoms with E-state index in [1.54, 1.807) is 6.20 Å². The number of hydrogen-bond donors (Lipinski definition) is 2. The van der Waals surface area contributed by atoms with Crippen molar-refractivity contribution in [1.82, 2.24) is 19.9 Å². The monoisotopic (exact) mass is 353 g/mol. The topological polar surface area (TPSA) is 80.1 Å². The summed E-state index contributed by atoms with van der Waals surface area (Å²) in [7, 11) is 0. The van der Waals surface area contributed by atoms with E-state index in [9.17, 15) is 0 Å². The zero-order valence-corrected chi connectivity index (χ0v) is 15.7. The number of aromatic nitrogens is 3. The zero-order chi connectivity index (χ0) is 18.3. The van der Waals surface area contributed by atoms with Gasteiger partial charge >= 0.3 is 0 Å². The summed E-state index contributed by atoms with van der Waals surface area (Å²) in [6.07, 6.45) is 5.91. The average Bonchev–Trinajstić information content (AvgIpc) is 3.02. The van der Waals surface area contributed by atoms with E-state index < -0.39 is 0 Å². The molecule has 0 aliphatic carbocycles. The predicted octanol–water partition coefficient (Wildman–Crippen LogP) is 3.68. The molecule has 6 nitrogen and oxygen atoms in total. The van der Waals surface area contributed by atoms with Gasteiger partial charge in [-0.2, -0.15) is 0 Å². The number of fused-ring (bicyclic) bond motifs is 3. The maximum atomic E-state index is 6.40. The summed E-state index contributed by atoms with van der Waals surface area (Å²) < 4.78 is 6.40. The molecule has 3 N–H and O–H groups in total. The standard InChI is InChI=1S/C20H27N5O/c1-4-25-7-5-14(6-8-25)26-18-17-15-9-13(12(2)3)10-23-20(15)24-16(17)11-22-19(18)21/h9-12,14H,4-8H2,1-3H3,(H2,21,22)(H,23,24). The summed E-state index contributed by atoms with van der Waals surface area (Å²) in [6.45, 7) is 9.78. The molecule has 4 rings (SSSR count). The Bertz CT molecular complexity index is 925. The number of nitrogens with two attached hydrogens (primary N) is 1. The molecule has 0 aromatic carbocycles. The van der Waals surface area contributed by atoms with Gasteiger partial charge in [-0.1, -0.05) is 20.8 Å². The van der Waals surface area contributed by atoms with Gasteiger partial charge in [0.15, 0.2) is 11.6 Å². The molecule has 0 bridgehead atoms. The minimum absolute atomic E-state index is 0.179. The van der Waals surface area contributed by atoms with Crippen LogP contribution >= 0.6 is 0 Å². The largest absolute Gasteiger partial charge is 0.486 e. The van der Waals surface area contributed by atoms with Crippen LogP contribution in [-0.4, -0.2) is 45.6 Å². The van der Waals surface area contributed by atoms with Crippen molar-refractivity contribution < 1.29 is 4.74 Å². The quantitative estimate of drug-likeness (QED) is 0.748. The molecule has 1 saturated heterocycles. The molecule has 0 amide bonds. The molecule has 0 atom stereocenters. The average molecular weight is 353 g/mol. The van der Waals surface area contributed by atoms with Crippen molar-refractivity contribution in [3.8, 4) is 5.75 Å². The van der Waals surface area contributed by atoms with Crippen molar-refractivity contribution in [3.63, 3.8) is 0 Å². The fourth-order valence-corrected chi connectivity index (χ4v) is 3.71. The van der Waals surface area contributed by atoms with E-state index in [0.29, 0.717) is 17.5 Å². The normalized spacial score (nSPS) is 16.8. The van der Waals surface area contributed by atoms with Crippen LogP contribution in [0.4, 0.5) is 5.82 Å². The highest BCUT2D eigenvalue weighted by atomic mass is 16.5. The Hall–Kier alpha value is -2.34. The Morgan fingerprint density at radius 2 is 2.04 bits per heavy atom. The van der Waals surface area contributed by atoms with Gasteiger partial charge in [-0.3, -0.25) is 0 Å². The summed E-state index contributed by atoms with van der Waals surface area (Å²) in [5.41, 5.74) is 9.20. The number of hydrogen-bond acceptors (Lipinski definition) is 5. The molecule has 26 heavy (non-hydrogen) atoms. The highest BCUT2D eigenvalue weighted by Gasteiger charge is 2.23. The molecule has 0 unspecified atom stereocenters. The summed E-state index contributed by atoms with van der Waals surface area (Å²) in [5, 5.41) is 2.06. The first-order chi connectivity index (χ1) is 12.6. The van der Waals surface area contributed by atoms with E-state index in [0.717, 1.165) is 54.4 Å². The van der Waals surface area contributed by atoms with Crippen molar-refractivity contribution in [1.29, 1.82) is 0 Å². The van der Waals surface area contributed by atoms with Crippen molar-refractivity contribution in [2.75, 3.05) is 25.4 Å². The van der Waals surface area contributed by atoms with Gasteiger partial charge < -0.3 is 20.4 Å². The van der Waals surface area contributed by atoms with Crippen molar-refractivity contribution >= 4 is 27.8 Å². The van der Waals surface area contributed by atoms with E-state index >= 15 is 0 Å². The predicted molar refractivity (Wildman–Crippen MR) is 106 cm³/mol. The minimum Gasteiger partial charge on any atom is -0.486 e. The van der Waals surface area contributed by atoms with Crippen LogP contribution < -0.4 is 10.5 Å². The fourth-order valence-electron chi connectivity index (χ4n) is 3.71. The number of aromatic amines is 1. The number of ether oxygens (including phenoxy) is 1. The first kappa shape index (κ1) is 17.1. The second kappa shape index (κ2) is 6.76. The lowest BCUT2D eigenvalue weighted by atomic mass is 10.0. The van der Waals surface area contributed by atoms with Gasteiger partial charge in [0.2, 0.25) is 0 Å². The molecular formula is C20H27N5O. The van der Waals surface area contributed by atoms with E-state index in [1.807, 2.05) is 6.20 Å². The molecule has 0 spiro atoms. The third-order valence-corrected chi connectivity index (χ3v) is 5.43. The van der Waals surface area contributed by atoms with Gasteiger partial charge in [0, 0.05) is 24.7 Å². The number of nitrogens with one attached hydrogen (secondary N) is 1. The second-order valence-electron chi connectivity index (χ2n) is 7.46. The van der Waals surface area contributed by atoms with E-state index in [1.165, 1.54) is 5.56 Å². The van der Waals surface area contributed by atoms with E-state index in [4.69, 9.17) is 10.5 Å². The maximum Gasteiger partial charge on any atom is 0.171 e. The number of likely N-dealkylation sites (tertiary alicyclic amines) is 1. The van der Waals surface area contributed by atoms with Crippen molar-refractivity contribution in [3.05, 3.63) is 24.0 Å². The van der Waals surface area contributed by atoms with Crippen LogP contribution in [0.1, 0.15) is 45.1 Å².